The average Bonchev–Trinajstić information content (AvgIpc) is 2.48. The van der Waals surface area contributed by atoms with Gasteiger partial charge in [0.1, 0.15) is 6.04 Å². The van der Waals surface area contributed by atoms with Gasteiger partial charge < -0.3 is 10.5 Å². The molecule has 0 aliphatic carbocycles. The quantitative estimate of drug-likeness (QED) is 0.683. The van der Waals surface area contributed by atoms with Crippen molar-refractivity contribution in [1.29, 1.82) is 0 Å². The Morgan fingerprint density at radius 3 is 2.75 bits per heavy atom. The summed E-state index contributed by atoms with van der Waals surface area (Å²) in [6.07, 6.45) is 1.80. The van der Waals surface area contributed by atoms with E-state index in [-0.39, 0.29) is 0 Å². The zero-order chi connectivity index (χ0) is 14.5. The summed E-state index contributed by atoms with van der Waals surface area (Å²) in [5, 5.41) is 0. The molecule has 0 unspecified atom stereocenters. The monoisotopic (exact) mass is 274 g/mol. The molecule has 104 valence electrons. The average molecular weight is 274 g/mol. The molecule has 0 saturated carbocycles. The Morgan fingerprint density at radius 2 is 2.10 bits per heavy atom. The van der Waals surface area contributed by atoms with Crippen LogP contribution in [0.1, 0.15) is 5.56 Å². The molecule has 0 radical (unpaired) electrons. The van der Waals surface area contributed by atoms with Crippen molar-refractivity contribution in [2.24, 2.45) is 5.73 Å². The lowest BCUT2D eigenvalue weighted by atomic mass is 9.96. The van der Waals surface area contributed by atoms with Gasteiger partial charge in [-0.1, -0.05) is 24.3 Å². The molecule has 4 nitrogen and oxygen atoms in total. The number of carbonyl (C=O) groups is 1. The number of nitrogens with two attached hydrogens (primary N) is 1. The Kier molecular flexibility index (Phi) is 4.42. The Balaban J connectivity index is 2.31. The summed E-state index contributed by atoms with van der Waals surface area (Å²) in [7, 11) is 1.30. The first-order valence-corrected chi connectivity index (χ1v) is 6.15. The zero-order valence-corrected chi connectivity index (χ0v) is 11.0. The standard InChI is InChI=1S/C15H15FN2O2/c1-20-15(19)13(17)8-10-4-2-3-5-12(10)11-6-7-14(16)18-9-11/h2-7,9,13H,8,17H2,1H3/t13-/m0/s1. The number of halogens is 1. The van der Waals surface area contributed by atoms with Crippen molar-refractivity contribution < 1.29 is 13.9 Å². The number of nitrogens with zero attached hydrogens (tertiary/aromatic N) is 1. The Hall–Kier alpha value is -2.27. The van der Waals surface area contributed by atoms with Crippen LogP contribution in [0.3, 0.4) is 0 Å². The predicted octanol–water partition coefficient (Wildman–Crippen LogP) is 1.93. The molecule has 1 aromatic heterocycles. The van der Waals surface area contributed by atoms with E-state index in [1.54, 1.807) is 6.07 Å². The molecule has 5 heteroatoms. The highest BCUT2D eigenvalue weighted by molar-refractivity contribution is 5.76. The summed E-state index contributed by atoms with van der Waals surface area (Å²) < 4.78 is 17.5. The lowest BCUT2D eigenvalue weighted by molar-refractivity contribution is -0.142. The number of esters is 1. The first-order valence-electron chi connectivity index (χ1n) is 6.15. The molecule has 0 spiro atoms. The number of rotatable bonds is 4. The van der Waals surface area contributed by atoms with Crippen LogP contribution in [0.5, 0.6) is 0 Å². The largest absolute Gasteiger partial charge is 0.468 e. The lowest BCUT2D eigenvalue weighted by Gasteiger charge is -2.13. The molecule has 0 aliphatic heterocycles. The van der Waals surface area contributed by atoms with Crippen LogP contribution in [0.2, 0.25) is 0 Å². The summed E-state index contributed by atoms with van der Waals surface area (Å²) >= 11 is 0. The van der Waals surface area contributed by atoms with Crippen LogP contribution in [-0.4, -0.2) is 24.1 Å². The number of hydrogen-bond acceptors (Lipinski definition) is 4. The van der Waals surface area contributed by atoms with Gasteiger partial charge in [-0.3, -0.25) is 4.79 Å². The third kappa shape index (κ3) is 3.19. The highest BCUT2D eigenvalue weighted by Gasteiger charge is 2.16. The van der Waals surface area contributed by atoms with Crippen LogP contribution in [-0.2, 0) is 16.0 Å². The van der Waals surface area contributed by atoms with Gasteiger partial charge in [0.15, 0.2) is 0 Å². The zero-order valence-electron chi connectivity index (χ0n) is 11.0. The van der Waals surface area contributed by atoms with Gasteiger partial charge in [0.05, 0.1) is 7.11 Å². The summed E-state index contributed by atoms with van der Waals surface area (Å²) in [4.78, 5) is 15.0. The van der Waals surface area contributed by atoms with Crippen LogP contribution < -0.4 is 5.73 Å². The fraction of sp³-hybridized carbons (Fsp3) is 0.200. The van der Waals surface area contributed by atoms with E-state index in [9.17, 15) is 9.18 Å². The maximum absolute atomic E-state index is 12.9. The molecule has 20 heavy (non-hydrogen) atoms. The number of carbonyl (C=O) groups excluding carboxylic acids is 1. The summed E-state index contributed by atoms with van der Waals surface area (Å²) in [6, 6.07) is 9.70. The summed E-state index contributed by atoms with van der Waals surface area (Å²) in [5.74, 6) is -0.991. The summed E-state index contributed by atoms with van der Waals surface area (Å²) in [5.41, 5.74) is 8.32. The number of aromatic nitrogens is 1. The van der Waals surface area contributed by atoms with Crippen LogP contribution in [0.25, 0.3) is 11.1 Å². The maximum atomic E-state index is 12.9. The second kappa shape index (κ2) is 6.25. The second-order valence-electron chi connectivity index (χ2n) is 4.36. The fourth-order valence-electron chi connectivity index (χ4n) is 1.99. The van der Waals surface area contributed by atoms with E-state index in [2.05, 4.69) is 9.72 Å². The number of ether oxygens (including phenoxy) is 1. The van der Waals surface area contributed by atoms with Gasteiger partial charge in [-0.2, -0.15) is 4.39 Å². The lowest BCUT2D eigenvalue weighted by Crippen LogP contribution is -2.33. The van der Waals surface area contributed by atoms with Gasteiger partial charge >= 0.3 is 5.97 Å². The smallest absolute Gasteiger partial charge is 0.322 e. The van der Waals surface area contributed by atoms with Crippen LogP contribution in [0.15, 0.2) is 42.6 Å². The van der Waals surface area contributed by atoms with E-state index < -0.39 is 18.0 Å². The van der Waals surface area contributed by atoms with Gasteiger partial charge in [0, 0.05) is 11.8 Å². The van der Waals surface area contributed by atoms with E-state index in [1.165, 1.54) is 19.4 Å². The van der Waals surface area contributed by atoms with Gasteiger partial charge in [-0.05, 0) is 29.7 Å². The molecule has 0 amide bonds. The molecular weight excluding hydrogens is 259 g/mol. The van der Waals surface area contributed by atoms with Gasteiger partial charge in [0.25, 0.3) is 0 Å². The van der Waals surface area contributed by atoms with E-state index in [4.69, 9.17) is 5.73 Å². The van der Waals surface area contributed by atoms with Crippen LogP contribution in [0, 0.1) is 5.95 Å². The molecular formula is C15H15FN2O2. The van der Waals surface area contributed by atoms with Crippen molar-refractivity contribution >= 4 is 5.97 Å². The van der Waals surface area contributed by atoms with Crippen LogP contribution in [0.4, 0.5) is 4.39 Å². The third-order valence-electron chi connectivity index (χ3n) is 3.00. The van der Waals surface area contributed by atoms with E-state index in [1.807, 2.05) is 24.3 Å². The molecule has 2 aromatic rings. The Bertz CT molecular complexity index is 599. The normalized spacial score (nSPS) is 11.9. The number of methoxy groups -OCH3 is 1. The van der Waals surface area contributed by atoms with Crippen molar-refractivity contribution in [3.05, 3.63) is 54.1 Å². The van der Waals surface area contributed by atoms with Crippen molar-refractivity contribution in [3.63, 3.8) is 0 Å². The number of benzene rings is 1. The Labute approximate surface area is 116 Å². The molecule has 0 bridgehead atoms. The molecule has 0 aliphatic rings. The third-order valence-corrected chi connectivity index (χ3v) is 3.00. The number of pyridine rings is 1. The highest BCUT2D eigenvalue weighted by atomic mass is 19.1. The maximum Gasteiger partial charge on any atom is 0.322 e. The minimum absolute atomic E-state index is 0.347. The molecule has 0 saturated heterocycles. The molecule has 1 heterocycles. The molecule has 0 fully saturated rings. The Morgan fingerprint density at radius 1 is 1.35 bits per heavy atom. The minimum atomic E-state index is -0.727. The van der Waals surface area contributed by atoms with Gasteiger partial charge in [0.2, 0.25) is 5.95 Å². The summed E-state index contributed by atoms with van der Waals surface area (Å²) in [6.45, 7) is 0. The second-order valence-corrected chi connectivity index (χ2v) is 4.36. The first-order chi connectivity index (χ1) is 9.61. The van der Waals surface area contributed by atoms with Crippen LogP contribution >= 0.6 is 0 Å². The molecule has 1 aromatic carbocycles. The van der Waals surface area contributed by atoms with Crippen molar-refractivity contribution in [3.8, 4) is 11.1 Å². The van der Waals surface area contributed by atoms with E-state index >= 15 is 0 Å². The van der Waals surface area contributed by atoms with Gasteiger partial charge in [-0.25, -0.2) is 4.98 Å². The molecule has 1 atom stereocenters. The van der Waals surface area contributed by atoms with Crippen molar-refractivity contribution in [2.45, 2.75) is 12.5 Å². The minimum Gasteiger partial charge on any atom is -0.468 e. The number of hydrogen-bond donors (Lipinski definition) is 1. The van der Waals surface area contributed by atoms with E-state index in [0.29, 0.717) is 6.42 Å². The van der Waals surface area contributed by atoms with E-state index in [0.717, 1.165) is 16.7 Å². The van der Waals surface area contributed by atoms with Crippen molar-refractivity contribution in [2.75, 3.05) is 7.11 Å². The highest BCUT2D eigenvalue weighted by Crippen LogP contribution is 2.24. The fourth-order valence-corrected chi connectivity index (χ4v) is 1.99. The SMILES string of the molecule is COC(=O)[C@@H](N)Cc1ccccc1-c1ccc(F)nc1. The van der Waals surface area contributed by atoms with Gasteiger partial charge in [-0.15, -0.1) is 0 Å². The van der Waals surface area contributed by atoms with Crippen molar-refractivity contribution in [1.82, 2.24) is 4.98 Å². The first kappa shape index (κ1) is 14.1. The topological polar surface area (TPSA) is 65.2 Å². The predicted molar refractivity (Wildman–Crippen MR) is 73.3 cm³/mol. The molecule has 2 N–H and O–H groups in total. The molecule has 2 rings (SSSR count).